The van der Waals surface area contributed by atoms with Crippen LogP contribution in [0.4, 0.5) is 10.8 Å². The maximum Gasteiger partial charge on any atom is 0.197 e. The lowest BCUT2D eigenvalue weighted by Crippen LogP contribution is -2.28. The zero-order valence-corrected chi connectivity index (χ0v) is 10.7. The Morgan fingerprint density at radius 1 is 1.56 bits per heavy atom. The molecule has 2 heterocycles. The fourth-order valence-electron chi connectivity index (χ4n) is 2.28. The number of rotatable bonds is 4. The number of nitrogens with two attached hydrogens (primary N) is 1. The van der Waals surface area contributed by atoms with E-state index >= 15 is 0 Å². The van der Waals surface area contributed by atoms with E-state index in [1.165, 1.54) is 30.8 Å². The molecule has 1 atom stereocenters. The van der Waals surface area contributed by atoms with Gasteiger partial charge in [-0.15, -0.1) is 0 Å². The lowest BCUT2D eigenvalue weighted by Gasteiger charge is -2.24. The summed E-state index contributed by atoms with van der Waals surface area (Å²) in [5, 5.41) is 1.11. The van der Waals surface area contributed by atoms with Crippen LogP contribution in [0.2, 0.25) is 0 Å². The molecule has 1 fully saturated rings. The Labute approximate surface area is 101 Å². The first-order valence-corrected chi connectivity index (χ1v) is 6.69. The topological polar surface area (TPSA) is 51.4 Å². The summed E-state index contributed by atoms with van der Waals surface area (Å²) in [7, 11) is 0. The van der Waals surface area contributed by atoms with E-state index in [1.54, 1.807) is 0 Å². The van der Waals surface area contributed by atoms with Crippen LogP contribution >= 0.6 is 11.5 Å². The van der Waals surface area contributed by atoms with Gasteiger partial charge in [0.05, 0.1) is 6.61 Å². The lowest BCUT2D eigenvalue weighted by molar-refractivity contribution is 0.342. The van der Waals surface area contributed by atoms with Crippen molar-refractivity contribution in [2.45, 2.75) is 39.2 Å². The molecule has 4 nitrogen and oxygen atoms in total. The van der Waals surface area contributed by atoms with Gasteiger partial charge in [0.1, 0.15) is 0 Å². The van der Waals surface area contributed by atoms with Crippen LogP contribution in [0.5, 0.6) is 5.75 Å². The molecule has 0 saturated carbocycles. The van der Waals surface area contributed by atoms with Gasteiger partial charge in [-0.2, -0.15) is 4.37 Å². The second kappa shape index (κ2) is 4.91. The van der Waals surface area contributed by atoms with Crippen LogP contribution < -0.4 is 15.4 Å². The molecule has 2 N–H and O–H groups in total. The average Bonchev–Trinajstić information content (AvgIpc) is 2.87. The van der Waals surface area contributed by atoms with Gasteiger partial charge in [-0.25, -0.2) is 0 Å². The normalized spacial score (nSPS) is 20.4. The highest BCUT2D eigenvalue weighted by molar-refractivity contribution is 7.11. The fourth-order valence-corrected chi connectivity index (χ4v) is 3.13. The van der Waals surface area contributed by atoms with Crippen molar-refractivity contribution >= 4 is 22.4 Å². The van der Waals surface area contributed by atoms with E-state index in [0.717, 1.165) is 17.3 Å². The second-order valence-electron chi connectivity index (χ2n) is 4.03. The highest BCUT2D eigenvalue weighted by atomic mass is 32.1. The molecule has 90 valence electrons. The van der Waals surface area contributed by atoms with Gasteiger partial charge in [-0.1, -0.05) is 6.92 Å². The number of anilines is 2. The molecular formula is C11H19N3OS. The number of hydrogen-bond acceptors (Lipinski definition) is 5. The fraction of sp³-hybridized carbons (Fsp3) is 0.727. The van der Waals surface area contributed by atoms with Gasteiger partial charge in [0.2, 0.25) is 0 Å². The van der Waals surface area contributed by atoms with Crippen molar-refractivity contribution in [2.75, 3.05) is 23.8 Å². The number of aromatic nitrogens is 1. The van der Waals surface area contributed by atoms with Gasteiger partial charge >= 0.3 is 0 Å². The third-order valence-corrected chi connectivity index (χ3v) is 3.94. The molecule has 0 aliphatic carbocycles. The molecule has 1 aliphatic heterocycles. The molecule has 1 saturated heterocycles. The van der Waals surface area contributed by atoms with Crippen LogP contribution in [0.3, 0.4) is 0 Å². The van der Waals surface area contributed by atoms with Crippen molar-refractivity contribution in [1.82, 2.24) is 4.37 Å². The van der Waals surface area contributed by atoms with Crippen LogP contribution in [0.1, 0.15) is 33.1 Å². The summed E-state index contributed by atoms with van der Waals surface area (Å²) in [6, 6.07) is 0.624. The average molecular weight is 241 g/mol. The van der Waals surface area contributed by atoms with Crippen molar-refractivity contribution in [3.8, 4) is 5.75 Å². The lowest BCUT2D eigenvalue weighted by atomic mass is 10.2. The van der Waals surface area contributed by atoms with Crippen LogP contribution in [0.15, 0.2) is 0 Å². The maximum absolute atomic E-state index is 5.83. The van der Waals surface area contributed by atoms with E-state index in [1.807, 2.05) is 6.92 Å². The number of hydrogen-bond donors (Lipinski definition) is 1. The molecule has 0 radical (unpaired) electrons. The summed E-state index contributed by atoms with van der Waals surface area (Å²) in [6.45, 7) is 5.94. The van der Waals surface area contributed by atoms with Gasteiger partial charge < -0.3 is 15.4 Å². The highest BCUT2D eigenvalue weighted by Gasteiger charge is 2.28. The Kier molecular flexibility index (Phi) is 3.53. The van der Waals surface area contributed by atoms with Gasteiger partial charge in [-0.3, -0.25) is 0 Å². The molecule has 1 unspecified atom stereocenters. The Hall–Kier alpha value is -0.970. The van der Waals surface area contributed by atoms with Gasteiger partial charge in [0, 0.05) is 12.6 Å². The van der Waals surface area contributed by atoms with Crippen molar-refractivity contribution in [1.29, 1.82) is 0 Å². The predicted octanol–water partition coefficient (Wildman–Crippen LogP) is 2.50. The largest absolute Gasteiger partial charge is 0.487 e. The molecule has 0 amide bonds. The monoisotopic (exact) mass is 241 g/mol. The van der Waals surface area contributed by atoms with E-state index in [2.05, 4.69) is 16.2 Å². The number of ether oxygens (including phenoxy) is 1. The Balaban J connectivity index is 2.25. The van der Waals surface area contributed by atoms with Gasteiger partial charge in [0.25, 0.3) is 0 Å². The van der Waals surface area contributed by atoms with Crippen LogP contribution in [-0.2, 0) is 0 Å². The molecule has 1 aliphatic rings. The van der Waals surface area contributed by atoms with E-state index in [9.17, 15) is 0 Å². The summed E-state index contributed by atoms with van der Waals surface area (Å²) in [5.41, 5.74) is 5.83. The molecule has 5 heteroatoms. The van der Waals surface area contributed by atoms with E-state index in [4.69, 9.17) is 10.5 Å². The van der Waals surface area contributed by atoms with E-state index in [0.29, 0.717) is 18.5 Å². The Morgan fingerprint density at radius 2 is 2.38 bits per heavy atom. The van der Waals surface area contributed by atoms with Crippen molar-refractivity contribution in [2.24, 2.45) is 0 Å². The van der Waals surface area contributed by atoms with Gasteiger partial charge in [0.15, 0.2) is 16.6 Å². The van der Waals surface area contributed by atoms with Crippen LogP contribution in [0, 0.1) is 0 Å². The highest BCUT2D eigenvalue weighted by Crippen LogP contribution is 2.41. The molecule has 0 aromatic carbocycles. The molecule has 0 spiro atoms. The first kappa shape index (κ1) is 11.5. The zero-order valence-electron chi connectivity index (χ0n) is 9.90. The van der Waals surface area contributed by atoms with Crippen LogP contribution in [-0.4, -0.2) is 23.6 Å². The van der Waals surface area contributed by atoms with Crippen molar-refractivity contribution < 1.29 is 4.74 Å². The third kappa shape index (κ3) is 1.96. The summed E-state index contributed by atoms with van der Waals surface area (Å²) in [4.78, 5) is 2.40. The summed E-state index contributed by atoms with van der Waals surface area (Å²) >= 11 is 1.46. The second-order valence-corrected chi connectivity index (χ2v) is 4.78. The Bertz CT molecular complexity index is 353. The quantitative estimate of drug-likeness (QED) is 0.880. The van der Waals surface area contributed by atoms with Crippen molar-refractivity contribution in [3.63, 3.8) is 0 Å². The smallest absolute Gasteiger partial charge is 0.197 e. The summed E-state index contributed by atoms with van der Waals surface area (Å²) in [6.07, 6.45) is 3.69. The van der Waals surface area contributed by atoms with Crippen molar-refractivity contribution in [3.05, 3.63) is 0 Å². The minimum absolute atomic E-state index is 0.531. The number of nitrogens with zero attached hydrogens (tertiary/aromatic N) is 2. The SMILES string of the molecule is CCOc1c(N)nsc1N1CCCC1CC. The van der Waals surface area contributed by atoms with Crippen LogP contribution in [0.25, 0.3) is 0 Å². The summed E-state index contributed by atoms with van der Waals surface area (Å²) in [5.74, 6) is 1.32. The Morgan fingerprint density at radius 3 is 3.06 bits per heavy atom. The minimum atomic E-state index is 0.531. The molecule has 16 heavy (non-hydrogen) atoms. The standard InChI is InChI=1S/C11H19N3OS/c1-3-8-6-5-7-14(8)11-9(15-4-2)10(12)13-16-11/h8H,3-7H2,1-2H3,(H2,12,13). The summed E-state index contributed by atoms with van der Waals surface area (Å²) < 4.78 is 9.80. The van der Waals surface area contributed by atoms with Gasteiger partial charge in [-0.05, 0) is 37.7 Å². The van der Waals surface area contributed by atoms with E-state index in [-0.39, 0.29) is 0 Å². The van der Waals surface area contributed by atoms with E-state index < -0.39 is 0 Å². The molecule has 1 aromatic rings. The minimum Gasteiger partial charge on any atom is -0.487 e. The maximum atomic E-state index is 5.83. The molecular weight excluding hydrogens is 222 g/mol. The third-order valence-electron chi connectivity index (χ3n) is 3.06. The molecule has 2 rings (SSSR count). The first-order valence-electron chi connectivity index (χ1n) is 5.92. The first-order chi connectivity index (χ1) is 7.77. The molecule has 0 bridgehead atoms. The zero-order chi connectivity index (χ0) is 11.5. The predicted molar refractivity (Wildman–Crippen MR) is 68.4 cm³/mol. The molecule has 1 aromatic heterocycles. The number of nitrogen functional groups attached to an aromatic ring is 1.